The number of rotatable bonds is 2. The largest absolute Gasteiger partial charge is 0.352 e. The minimum Gasteiger partial charge on any atom is -0.352 e. The lowest BCUT2D eigenvalue weighted by molar-refractivity contribution is 0.203. The molecule has 2 heterocycles. The molecule has 0 radical (unpaired) electrons. The van der Waals surface area contributed by atoms with Crippen molar-refractivity contribution in [3.63, 3.8) is 0 Å². The van der Waals surface area contributed by atoms with Gasteiger partial charge in [0.15, 0.2) is 0 Å². The summed E-state index contributed by atoms with van der Waals surface area (Å²) in [5, 5.41) is 10.6. The van der Waals surface area contributed by atoms with Crippen molar-refractivity contribution >= 4 is 16.7 Å². The van der Waals surface area contributed by atoms with Gasteiger partial charge in [-0.1, -0.05) is 11.6 Å². The van der Waals surface area contributed by atoms with Gasteiger partial charge < -0.3 is 4.90 Å². The van der Waals surface area contributed by atoms with Gasteiger partial charge in [0.05, 0.1) is 11.6 Å². The number of nitriles is 1. The van der Waals surface area contributed by atoms with E-state index in [1.807, 2.05) is 6.07 Å². The summed E-state index contributed by atoms with van der Waals surface area (Å²) in [5.74, 6) is 0.962. The molecule has 0 spiro atoms. The van der Waals surface area contributed by atoms with Gasteiger partial charge in [-0.15, -0.1) is 0 Å². The van der Waals surface area contributed by atoms with Crippen LogP contribution < -0.4 is 4.90 Å². The van der Waals surface area contributed by atoms with Gasteiger partial charge in [0.1, 0.15) is 18.2 Å². The Bertz CT molecular complexity index is 746. The number of piperazine rings is 1. The Balaban J connectivity index is 1.67. The average Bonchev–Trinajstić information content (AvgIpc) is 3.38. The van der Waals surface area contributed by atoms with Crippen LogP contribution in [-0.2, 0) is 0 Å². The molecule has 1 aromatic carbocycles. The Morgan fingerprint density at radius 2 is 2.09 bits per heavy atom. The van der Waals surface area contributed by atoms with Crippen molar-refractivity contribution in [3.8, 4) is 6.07 Å². The molecule has 1 atom stereocenters. The molecule has 1 unspecified atom stereocenters. The minimum atomic E-state index is -0.0314. The molecule has 2 aromatic rings. The maximum absolute atomic E-state index is 9.51. The van der Waals surface area contributed by atoms with Crippen LogP contribution in [0.4, 0.5) is 5.82 Å². The highest BCUT2D eigenvalue weighted by Crippen LogP contribution is 2.32. The number of nitrogens with zero attached hydrogens (tertiary/aromatic N) is 5. The first-order valence-electron chi connectivity index (χ1n) is 7.88. The third-order valence-electron chi connectivity index (χ3n) is 4.66. The van der Waals surface area contributed by atoms with Gasteiger partial charge in [-0.05, 0) is 31.9 Å². The summed E-state index contributed by atoms with van der Waals surface area (Å²) in [7, 11) is 0. The summed E-state index contributed by atoms with van der Waals surface area (Å²) < 4.78 is 0. The highest BCUT2D eigenvalue weighted by molar-refractivity contribution is 5.89. The van der Waals surface area contributed by atoms with Gasteiger partial charge in [0, 0.05) is 31.1 Å². The zero-order chi connectivity index (χ0) is 15.1. The quantitative estimate of drug-likeness (QED) is 0.849. The van der Waals surface area contributed by atoms with Crippen molar-refractivity contribution in [2.45, 2.75) is 31.8 Å². The zero-order valence-corrected chi connectivity index (χ0v) is 12.7. The molecule has 1 aromatic heterocycles. The van der Waals surface area contributed by atoms with Gasteiger partial charge in [-0.3, -0.25) is 4.90 Å². The van der Waals surface area contributed by atoms with Gasteiger partial charge in [0.2, 0.25) is 0 Å². The molecule has 112 valence electrons. The first-order chi connectivity index (χ1) is 10.8. The minimum absolute atomic E-state index is 0.0314. The molecule has 4 rings (SSSR count). The Kier molecular flexibility index (Phi) is 3.20. The Morgan fingerprint density at radius 1 is 1.23 bits per heavy atom. The van der Waals surface area contributed by atoms with Crippen LogP contribution in [0.15, 0.2) is 24.5 Å². The summed E-state index contributed by atoms with van der Waals surface area (Å²) in [5.41, 5.74) is 2.17. The maximum Gasteiger partial charge on any atom is 0.140 e. The summed E-state index contributed by atoms with van der Waals surface area (Å²) in [6.07, 6.45) is 4.11. The number of fused-ring (bicyclic) bond motifs is 1. The summed E-state index contributed by atoms with van der Waals surface area (Å²) in [6, 6.07) is 9.33. The molecule has 2 fully saturated rings. The molecule has 2 aliphatic rings. The van der Waals surface area contributed by atoms with E-state index in [9.17, 15) is 5.26 Å². The second-order valence-corrected chi connectivity index (χ2v) is 6.28. The van der Waals surface area contributed by atoms with E-state index in [4.69, 9.17) is 0 Å². The number of anilines is 1. The topological polar surface area (TPSA) is 56.1 Å². The summed E-state index contributed by atoms with van der Waals surface area (Å²) in [4.78, 5) is 13.5. The van der Waals surface area contributed by atoms with Gasteiger partial charge >= 0.3 is 0 Å². The monoisotopic (exact) mass is 293 g/mol. The van der Waals surface area contributed by atoms with Crippen molar-refractivity contribution in [3.05, 3.63) is 30.1 Å². The fraction of sp³-hybridized carbons (Fsp3) is 0.471. The molecule has 0 amide bonds. The summed E-state index contributed by atoms with van der Waals surface area (Å²) in [6.45, 7) is 4.68. The van der Waals surface area contributed by atoms with Crippen LogP contribution in [0, 0.1) is 18.3 Å². The van der Waals surface area contributed by atoms with Gasteiger partial charge in [-0.25, -0.2) is 9.97 Å². The SMILES string of the molecule is Cc1ccc2ncnc(N3CCN(C4CC4)C(C#N)C3)c2c1. The lowest BCUT2D eigenvalue weighted by Gasteiger charge is -2.39. The van der Waals surface area contributed by atoms with Crippen molar-refractivity contribution in [1.82, 2.24) is 14.9 Å². The number of aryl methyl sites for hydroxylation is 1. The van der Waals surface area contributed by atoms with Crippen LogP contribution in [0.25, 0.3) is 10.9 Å². The molecular formula is C17H19N5. The average molecular weight is 293 g/mol. The highest BCUT2D eigenvalue weighted by Gasteiger charge is 2.37. The van der Waals surface area contributed by atoms with E-state index in [2.05, 4.69) is 44.9 Å². The zero-order valence-electron chi connectivity index (χ0n) is 12.7. The number of benzene rings is 1. The molecule has 1 saturated carbocycles. The van der Waals surface area contributed by atoms with E-state index < -0.39 is 0 Å². The van der Waals surface area contributed by atoms with Crippen molar-refractivity contribution in [1.29, 1.82) is 5.26 Å². The van der Waals surface area contributed by atoms with E-state index in [-0.39, 0.29) is 6.04 Å². The first-order valence-corrected chi connectivity index (χ1v) is 7.88. The smallest absolute Gasteiger partial charge is 0.140 e. The molecule has 1 aliphatic heterocycles. The predicted molar refractivity (Wildman–Crippen MR) is 85.6 cm³/mol. The Hall–Kier alpha value is -2.19. The second-order valence-electron chi connectivity index (χ2n) is 6.28. The van der Waals surface area contributed by atoms with E-state index in [1.165, 1.54) is 18.4 Å². The van der Waals surface area contributed by atoms with Crippen LogP contribution in [0.5, 0.6) is 0 Å². The van der Waals surface area contributed by atoms with E-state index >= 15 is 0 Å². The van der Waals surface area contributed by atoms with Crippen LogP contribution in [0.2, 0.25) is 0 Å². The van der Waals surface area contributed by atoms with Gasteiger partial charge in [0.25, 0.3) is 0 Å². The Labute approximate surface area is 130 Å². The van der Waals surface area contributed by atoms with E-state index in [0.29, 0.717) is 6.04 Å². The fourth-order valence-electron chi connectivity index (χ4n) is 3.36. The predicted octanol–water partition coefficient (Wildman–Crippen LogP) is 2.11. The number of aromatic nitrogens is 2. The van der Waals surface area contributed by atoms with Crippen LogP contribution in [0.3, 0.4) is 0 Å². The first kappa shape index (κ1) is 13.5. The molecule has 0 bridgehead atoms. The normalized spacial score (nSPS) is 22.7. The molecule has 0 N–H and O–H groups in total. The molecular weight excluding hydrogens is 274 g/mol. The fourth-order valence-corrected chi connectivity index (χ4v) is 3.36. The van der Waals surface area contributed by atoms with Crippen LogP contribution >= 0.6 is 0 Å². The second kappa shape index (κ2) is 5.22. The van der Waals surface area contributed by atoms with Crippen molar-refractivity contribution in [2.75, 3.05) is 24.5 Å². The highest BCUT2D eigenvalue weighted by atomic mass is 15.3. The molecule has 22 heavy (non-hydrogen) atoms. The molecule has 1 aliphatic carbocycles. The molecule has 5 nitrogen and oxygen atoms in total. The van der Waals surface area contributed by atoms with E-state index in [0.717, 1.165) is 36.4 Å². The molecule has 5 heteroatoms. The maximum atomic E-state index is 9.51. The number of hydrogen-bond acceptors (Lipinski definition) is 5. The Morgan fingerprint density at radius 3 is 2.86 bits per heavy atom. The third-order valence-corrected chi connectivity index (χ3v) is 4.66. The lowest BCUT2D eigenvalue weighted by Crippen LogP contribution is -2.53. The van der Waals surface area contributed by atoms with Crippen LogP contribution in [-0.4, -0.2) is 46.6 Å². The van der Waals surface area contributed by atoms with Crippen molar-refractivity contribution < 1.29 is 0 Å². The van der Waals surface area contributed by atoms with E-state index in [1.54, 1.807) is 6.33 Å². The van der Waals surface area contributed by atoms with Crippen molar-refractivity contribution in [2.24, 2.45) is 0 Å². The number of hydrogen-bond donors (Lipinski definition) is 0. The molecule has 1 saturated heterocycles. The standard InChI is InChI=1S/C17H19N5/c1-12-2-5-16-15(8-12)17(20-11-19-16)21-6-7-22(13-3-4-13)14(9-18)10-21/h2,5,8,11,13-14H,3-4,6-7,10H2,1H3. The van der Waals surface area contributed by atoms with Crippen LogP contribution in [0.1, 0.15) is 18.4 Å². The third kappa shape index (κ3) is 2.30. The van der Waals surface area contributed by atoms with Gasteiger partial charge in [-0.2, -0.15) is 5.26 Å². The summed E-state index contributed by atoms with van der Waals surface area (Å²) >= 11 is 0. The lowest BCUT2D eigenvalue weighted by atomic mass is 10.1.